The molecule has 3 unspecified atom stereocenters. The molecular weight excluding hydrogens is 246 g/mol. The van der Waals surface area contributed by atoms with Crippen LogP contribution in [0, 0.1) is 11.3 Å². The second-order valence-corrected chi connectivity index (χ2v) is 9.84. The van der Waals surface area contributed by atoms with E-state index in [1.54, 1.807) is 0 Å². The van der Waals surface area contributed by atoms with E-state index in [4.69, 9.17) is 0 Å². The van der Waals surface area contributed by atoms with E-state index >= 15 is 0 Å². The van der Waals surface area contributed by atoms with E-state index < -0.39 is 9.84 Å². The fourth-order valence-corrected chi connectivity index (χ4v) is 6.18. The minimum absolute atomic E-state index is 0.198. The van der Waals surface area contributed by atoms with Gasteiger partial charge in [-0.3, -0.25) is 0 Å². The average Bonchev–Trinajstić information content (AvgIpc) is 2.35. The maximum absolute atomic E-state index is 11.6. The van der Waals surface area contributed by atoms with Gasteiger partial charge in [-0.05, 0) is 43.9 Å². The lowest BCUT2D eigenvalue weighted by atomic mass is 9.70. The highest BCUT2D eigenvalue weighted by atomic mass is 32.2. The van der Waals surface area contributed by atoms with Crippen LogP contribution >= 0.6 is 0 Å². The minimum atomic E-state index is -2.81. The van der Waals surface area contributed by atoms with E-state index in [0.29, 0.717) is 23.0 Å². The molecule has 106 valence electrons. The molecule has 0 amide bonds. The highest BCUT2D eigenvalue weighted by Gasteiger charge is 2.41. The van der Waals surface area contributed by atoms with Gasteiger partial charge in [-0.1, -0.05) is 20.8 Å². The Morgan fingerprint density at radius 2 is 1.83 bits per heavy atom. The van der Waals surface area contributed by atoms with Crippen molar-refractivity contribution in [2.45, 2.75) is 65.0 Å². The maximum atomic E-state index is 11.6. The molecule has 1 saturated carbocycles. The summed E-state index contributed by atoms with van der Waals surface area (Å²) in [6.45, 7) is 9.03. The molecule has 0 bridgehead atoms. The molecule has 2 rings (SSSR count). The summed E-state index contributed by atoms with van der Waals surface area (Å²) < 4.78 is 23.3. The van der Waals surface area contributed by atoms with Crippen molar-refractivity contribution >= 4 is 9.84 Å². The monoisotopic (exact) mass is 273 g/mol. The van der Waals surface area contributed by atoms with Crippen LogP contribution in [-0.2, 0) is 9.84 Å². The average molecular weight is 273 g/mol. The van der Waals surface area contributed by atoms with Gasteiger partial charge in [-0.25, -0.2) is 8.42 Å². The number of rotatable bonds is 2. The molecular formula is C14H27NO2S. The highest BCUT2D eigenvalue weighted by molar-refractivity contribution is 7.91. The van der Waals surface area contributed by atoms with Gasteiger partial charge in [-0.2, -0.15) is 0 Å². The van der Waals surface area contributed by atoms with Crippen LogP contribution < -0.4 is 5.32 Å². The Bertz CT molecular complexity index is 416. The minimum Gasteiger partial charge on any atom is -0.308 e. The third-order valence-corrected chi connectivity index (χ3v) is 6.35. The fraction of sp³-hybridized carbons (Fsp3) is 1.00. The quantitative estimate of drug-likeness (QED) is 0.840. The predicted molar refractivity (Wildman–Crippen MR) is 75.4 cm³/mol. The van der Waals surface area contributed by atoms with Crippen LogP contribution in [-0.4, -0.2) is 31.5 Å². The van der Waals surface area contributed by atoms with Crippen LogP contribution in [0.25, 0.3) is 0 Å². The standard InChI is InChI=1S/C14H27NO2S/c1-11-7-12(9-13(2,3)8-11)15-14(4)5-6-18(16,17)10-14/h11-12,15H,5-10H2,1-4H3. The van der Waals surface area contributed by atoms with Crippen LogP contribution in [0.5, 0.6) is 0 Å². The first-order chi connectivity index (χ1) is 8.09. The lowest BCUT2D eigenvalue weighted by molar-refractivity contribution is 0.133. The van der Waals surface area contributed by atoms with Gasteiger partial charge >= 0.3 is 0 Å². The smallest absolute Gasteiger partial charge is 0.152 e. The van der Waals surface area contributed by atoms with Crippen LogP contribution in [0.15, 0.2) is 0 Å². The van der Waals surface area contributed by atoms with E-state index in [2.05, 4.69) is 33.0 Å². The Labute approximate surface area is 112 Å². The third-order valence-electron chi connectivity index (χ3n) is 4.44. The van der Waals surface area contributed by atoms with Gasteiger partial charge in [0.25, 0.3) is 0 Å². The summed E-state index contributed by atoms with van der Waals surface area (Å²) in [4.78, 5) is 0. The molecule has 1 heterocycles. The van der Waals surface area contributed by atoms with Gasteiger partial charge in [0, 0.05) is 11.6 Å². The van der Waals surface area contributed by atoms with Crippen LogP contribution in [0.1, 0.15) is 53.4 Å². The molecule has 0 spiro atoms. The Hall–Kier alpha value is -0.0900. The van der Waals surface area contributed by atoms with E-state index in [1.165, 1.54) is 12.8 Å². The first-order valence-corrected chi connectivity index (χ1v) is 8.90. The van der Waals surface area contributed by atoms with Crippen molar-refractivity contribution in [3.05, 3.63) is 0 Å². The zero-order valence-corrected chi connectivity index (χ0v) is 12.9. The zero-order valence-electron chi connectivity index (χ0n) is 12.1. The topological polar surface area (TPSA) is 46.2 Å². The molecule has 1 aliphatic heterocycles. The van der Waals surface area contributed by atoms with Crippen LogP contribution in [0.4, 0.5) is 0 Å². The second kappa shape index (κ2) is 4.48. The maximum Gasteiger partial charge on any atom is 0.152 e. The van der Waals surface area contributed by atoms with E-state index in [1.807, 2.05) is 0 Å². The molecule has 0 aromatic carbocycles. The van der Waals surface area contributed by atoms with Crippen molar-refractivity contribution in [1.29, 1.82) is 0 Å². The number of hydrogen-bond acceptors (Lipinski definition) is 3. The molecule has 1 aliphatic carbocycles. The van der Waals surface area contributed by atoms with Crippen molar-refractivity contribution in [3.8, 4) is 0 Å². The predicted octanol–water partition coefficient (Wildman–Crippen LogP) is 2.37. The van der Waals surface area contributed by atoms with E-state index in [-0.39, 0.29) is 5.54 Å². The SMILES string of the molecule is CC1CC(NC2(C)CCS(=O)(=O)C2)CC(C)(C)C1. The first-order valence-electron chi connectivity index (χ1n) is 7.07. The molecule has 0 aromatic rings. The summed E-state index contributed by atoms with van der Waals surface area (Å²) in [5.74, 6) is 1.39. The zero-order chi connectivity index (χ0) is 13.6. The first kappa shape index (κ1) is 14.3. The molecule has 2 fully saturated rings. The molecule has 18 heavy (non-hydrogen) atoms. The van der Waals surface area contributed by atoms with Crippen molar-refractivity contribution in [2.24, 2.45) is 11.3 Å². The summed E-state index contributed by atoms with van der Waals surface area (Å²) >= 11 is 0. The van der Waals surface area contributed by atoms with Crippen molar-refractivity contribution < 1.29 is 8.42 Å². The molecule has 1 saturated heterocycles. The third kappa shape index (κ3) is 3.47. The van der Waals surface area contributed by atoms with Crippen molar-refractivity contribution in [3.63, 3.8) is 0 Å². The van der Waals surface area contributed by atoms with Crippen LogP contribution in [0.3, 0.4) is 0 Å². The summed E-state index contributed by atoms with van der Waals surface area (Å²) in [5.41, 5.74) is 0.180. The lowest BCUT2D eigenvalue weighted by Crippen LogP contribution is -2.52. The fourth-order valence-electron chi connectivity index (χ4n) is 4.07. The molecule has 0 aromatic heterocycles. The van der Waals surface area contributed by atoms with Gasteiger partial charge in [0.2, 0.25) is 0 Å². The van der Waals surface area contributed by atoms with Gasteiger partial charge in [-0.15, -0.1) is 0 Å². The molecule has 3 nitrogen and oxygen atoms in total. The number of sulfone groups is 1. The number of hydrogen-bond donors (Lipinski definition) is 1. The number of nitrogens with one attached hydrogen (secondary N) is 1. The van der Waals surface area contributed by atoms with Gasteiger partial charge < -0.3 is 5.32 Å². The van der Waals surface area contributed by atoms with Crippen LogP contribution in [0.2, 0.25) is 0 Å². The molecule has 0 radical (unpaired) electrons. The van der Waals surface area contributed by atoms with Crippen molar-refractivity contribution in [2.75, 3.05) is 11.5 Å². The van der Waals surface area contributed by atoms with Gasteiger partial charge in [0.15, 0.2) is 9.84 Å². The summed E-state index contributed by atoms with van der Waals surface area (Å²) in [6, 6.07) is 0.474. The second-order valence-electron chi connectivity index (χ2n) is 7.66. The Morgan fingerprint density at radius 1 is 1.17 bits per heavy atom. The van der Waals surface area contributed by atoms with Crippen molar-refractivity contribution in [1.82, 2.24) is 5.32 Å². The Balaban J connectivity index is 2.01. The normalized spacial score (nSPS) is 42.9. The Morgan fingerprint density at radius 3 is 2.33 bits per heavy atom. The summed E-state index contributed by atoms with van der Waals surface area (Å²) in [6.07, 6.45) is 4.38. The molecule has 4 heteroatoms. The largest absolute Gasteiger partial charge is 0.308 e. The van der Waals surface area contributed by atoms with Gasteiger partial charge in [0.1, 0.15) is 0 Å². The van der Waals surface area contributed by atoms with E-state index in [9.17, 15) is 8.42 Å². The molecule has 2 aliphatic rings. The molecule has 1 N–H and O–H groups in total. The molecule has 3 atom stereocenters. The lowest BCUT2D eigenvalue weighted by Gasteiger charge is -2.42. The summed E-state index contributed by atoms with van der Waals surface area (Å²) in [5, 5.41) is 3.66. The van der Waals surface area contributed by atoms with Gasteiger partial charge in [0.05, 0.1) is 11.5 Å². The highest BCUT2D eigenvalue weighted by Crippen LogP contribution is 2.39. The Kier molecular flexibility index (Phi) is 3.56. The van der Waals surface area contributed by atoms with E-state index in [0.717, 1.165) is 18.8 Å². The summed E-state index contributed by atoms with van der Waals surface area (Å²) in [7, 11) is -2.81.